The first-order valence-electron chi connectivity index (χ1n) is 7.17. The molecule has 2 aromatic carbocycles. The highest BCUT2D eigenvalue weighted by molar-refractivity contribution is 9.10. The Morgan fingerprint density at radius 2 is 1.85 bits per heavy atom. The molecule has 3 rings (SSSR count). The molecule has 0 bridgehead atoms. The lowest BCUT2D eigenvalue weighted by molar-refractivity contribution is -0.384. The van der Waals surface area contributed by atoms with Crippen molar-refractivity contribution in [2.45, 2.75) is 0 Å². The molecule has 1 heterocycles. The first kappa shape index (κ1) is 18.0. The van der Waals surface area contributed by atoms with Crippen molar-refractivity contribution in [3.8, 4) is 0 Å². The summed E-state index contributed by atoms with van der Waals surface area (Å²) >= 11 is 9.25. The number of nitrogens with zero attached hydrogens (tertiary/aromatic N) is 2. The van der Waals surface area contributed by atoms with Crippen LogP contribution in [0.15, 0.2) is 40.9 Å². The number of rotatable bonds is 4. The van der Waals surface area contributed by atoms with Crippen LogP contribution in [0.5, 0.6) is 0 Å². The zero-order valence-electron chi connectivity index (χ0n) is 12.9. The lowest BCUT2D eigenvalue weighted by atomic mass is 10.1. The third-order valence-corrected chi connectivity index (χ3v) is 4.48. The molecule has 0 atom stereocenters. The summed E-state index contributed by atoms with van der Waals surface area (Å²) in [5.41, 5.74) is -0.0568. The van der Waals surface area contributed by atoms with Crippen molar-refractivity contribution in [3.63, 3.8) is 0 Å². The maximum atomic E-state index is 12.4. The molecule has 2 aromatic rings. The average Bonchev–Trinajstić information content (AvgIpc) is 2.82. The SMILES string of the molecule is O=C(CN1C(=O)c2ccc([N+](=O)[O-])cc2C1=O)Nc1ccc(Br)cc1Cl. The van der Waals surface area contributed by atoms with Crippen LogP contribution < -0.4 is 5.32 Å². The predicted molar refractivity (Wildman–Crippen MR) is 96.2 cm³/mol. The number of hydrogen-bond donors (Lipinski definition) is 1. The van der Waals surface area contributed by atoms with E-state index in [1.165, 1.54) is 6.07 Å². The fourth-order valence-corrected chi connectivity index (χ4v) is 3.18. The molecule has 0 aliphatic carbocycles. The van der Waals surface area contributed by atoms with E-state index in [2.05, 4.69) is 21.2 Å². The van der Waals surface area contributed by atoms with Gasteiger partial charge in [0.1, 0.15) is 6.54 Å². The number of imide groups is 1. The molecule has 132 valence electrons. The van der Waals surface area contributed by atoms with Gasteiger partial charge in [-0.25, -0.2) is 0 Å². The minimum Gasteiger partial charge on any atom is -0.323 e. The van der Waals surface area contributed by atoms with Crippen molar-refractivity contribution in [1.29, 1.82) is 0 Å². The molecule has 26 heavy (non-hydrogen) atoms. The van der Waals surface area contributed by atoms with E-state index in [-0.39, 0.29) is 21.8 Å². The van der Waals surface area contributed by atoms with E-state index in [0.29, 0.717) is 5.69 Å². The number of benzene rings is 2. The van der Waals surface area contributed by atoms with Crippen LogP contribution in [0.1, 0.15) is 20.7 Å². The van der Waals surface area contributed by atoms with Gasteiger partial charge in [0.2, 0.25) is 5.91 Å². The summed E-state index contributed by atoms with van der Waals surface area (Å²) in [6.45, 7) is -0.535. The molecule has 1 aliphatic rings. The zero-order valence-corrected chi connectivity index (χ0v) is 15.2. The van der Waals surface area contributed by atoms with Gasteiger partial charge in [0.05, 0.1) is 26.8 Å². The number of carbonyl (C=O) groups excluding carboxylic acids is 3. The van der Waals surface area contributed by atoms with Crippen molar-refractivity contribution in [2.24, 2.45) is 0 Å². The molecule has 1 N–H and O–H groups in total. The van der Waals surface area contributed by atoms with Gasteiger partial charge >= 0.3 is 0 Å². The fourth-order valence-electron chi connectivity index (χ4n) is 2.46. The normalized spacial score (nSPS) is 12.9. The van der Waals surface area contributed by atoms with E-state index in [1.807, 2.05) is 0 Å². The Labute approximate surface area is 160 Å². The fraction of sp³-hybridized carbons (Fsp3) is 0.0625. The van der Waals surface area contributed by atoms with Crippen LogP contribution in [-0.2, 0) is 4.79 Å². The first-order chi connectivity index (χ1) is 12.3. The number of fused-ring (bicyclic) bond motifs is 1. The van der Waals surface area contributed by atoms with Gasteiger partial charge in [-0.1, -0.05) is 27.5 Å². The smallest absolute Gasteiger partial charge is 0.270 e. The molecule has 1 aliphatic heterocycles. The van der Waals surface area contributed by atoms with Crippen molar-refractivity contribution in [3.05, 3.63) is 67.1 Å². The summed E-state index contributed by atoms with van der Waals surface area (Å²) in [6, 6.07) is 8.18. The molecule has 0 unspecified atom stereocenters. The Morgan fingerprint density at radius 3 is 2.50 bits per heavy atom. The second kappa shape index (κ2) is 6.85. The largest absolute Gasteiger partial charge is 0.323 e. The lowest BCUT2D eigenvalue weighted by Gasteiger charge is -2.14. The zero-order chi connectivity index (χ0) is 19.0. The molecule has 0 radical (unpaired) electrons. The number of nitro benzene ring substituents is 1. The van der Waals surface area contributed by atoms with Crippen molar-refractivity contribution >= 4 is 56.6 Å². The highest BCUT2D eigenvalue weighted by Crippen LogP contribution is 2.28. The van der Waals surface area contributed by atoms with Crippen LogP contribution in [0, 0.1) is 10.1 Å². The predicted octanol–water partition coefficient (Wildman–Crippen LogP) is 3.25. The molecule has 0 fully saturated rings. The summed E-state index contributed by atoms with van der Waals surface area (Å²) in [5, 5.41) is 13.6. The Kier molecular flexibility index (Phi) is 4.75. The van der Waals surface area contributed by atoms with Gasteiger partial charge in [-0.15, -0.1) is 0 Å². The van der Waals surface area contributed by atoms with Gasteiger partial charge in [-0.2, -0.15) is 0 Å². The number of hydrogen-bond acceptors (Lipinski definition) is 5. The number of carbonyl (C=O) groups is 3. The third-order valence-electron chi connectivity index (χ3n) is 3.67. The van der Waals surface area contributed by atoms with E-state index in [4.69, 9.17) is 11.6 Å². The van der Waals surface area contributed by atoms with Gasteiger partial charge in [-0.3, -0.25) is 29.4 Å². The van der Waals surface area contributed by atoms with E-state index in [1.54, 1.807) is 18.2 Å². The summed E-state index contributed by atoms with van der Waals surface area (Å²) in [7, 11) is 0. The van der Waals surface area contributed by atoms with E-state index < -0.39 is 29.2 Å². The lowest BCUT2D eigenvalue weighted by Crippen LogP contribution is -2.37. The van der Waals surface area contributed by atoms with Crippen LogP contribution in [-0.4, -0.2) is 34.1 Å². The van der Waals surface area contributed by atoms with Crippen molar-refractivity contribution in [1.82, 2.24) is 4.90 Å². The summed E-state index contributed by atoms with van der Waals surface area (Å²) in [5.74, 6) is -2.07. The van der Waals surface area contributed by atoms with Crippen LogP contribution in [0.4, 0.5) is 11.4 Å². The number of halogens is 2. The van der Waals surface area contributed by atoms with Crippen LogP contribution >= 0.6 is 27.5 Å². The van der Waals surface area contributed by atoms with E-state index >= 15 is 0 Å². The molecule has 10 heteroatoms. The highest BCUT2D eigenvalue weighted by Gasteiger charge is 2.37. The molecular formula is C16H9BrClN3O5. The Morgan fingerprint density at radius 1 is 1.15 bits per heavy atom. The average molecular weight is 439 g/mol. The van der Waals surface area contributed by atoms with E-state index in [0.717, 1.165) is 21.5 Å². The molecule has 3 amide bonds. The maximum Gasteiger partial charge on any atom is 0.270 e. The topological polar surface area (TPSA) is 110 Å². The monoisotopic (exact) mass is 437 g/mol. The standard InChI is InChI=1S/C16H9BrClN3O5/c17-8-1-4-13(12(18)5-8)19-14(22)7-20-15(23)10-3-2-9(21(25)26)6-11(10)16(20)24/h1-6H,7H2,(H,19,22). The minimum absolute atomic E-state index is 0.0232. The second-order valence-corrected chi connectivity index (χ2v) is 6.68. The molecule has 0 saturated carbocycles. The summed E-state index contributed by atoms with van der Waals surface area (Å²) in [6.07, 6.45) is 0. The Bertz CT molecular complexity index is 978. The van der Waals surface area contributed by atoms with Crippen LogP contribution in [0.25, 0.3) is 0 Å². The maximum absolute atomic E-state index is 12.4. The van der Waals surface area contributed by atoms with E-state index in [9.17, 15) is 24.5 Å². The van der Waals surface area contributed by atoms with Gasteiger partial charge in [0, 0.05) is 16.6 Å². The minimum atomic E-state index is -0.759. The van der Waals surface area contributed by atoms with Gasteiger partial charge in [0.25, 0.3) is 17.5 Å². The molecule has 0 aromatic heterocycles. The number of amides is 3. The number of nitro groups is 1. The van der Waals surface area contributed by atoms with Crippen molar-refractivity contribution < 1.29 is 19.3 Å². The Balaban J connectivity index is 1.78. The highest BCUT2D eigenvalue weighted by atomic mass is 79.9. The number of nitrogens with one attached hydrogen (secondary N) is 1. The number of non-ortho nitro benzene ring substituents is 1. The quantitative estimate of drug-likeness (QED) is 0.448. The molecular weight excluding hydrogens is 430 g/mol. The van der Waals surface area contributed by atoms with Gasteiger partial charge in [0.15, 0.2) is 0 Å². The van der Waals surface area contributed by atoms with Gasteiger partial charge in [-0.05, 0) is 24.3 Å². The first-order valence-corrected chi connectivity index (χ1v) is 8.34. The molecule has 0 spiro atoms. The second-order valence-electron chi connectivity index (χ2n) is 5.36. The van der Waals surface area contributed by atoms with Crippen molar-refractivity contribution in [2.75, 3.05) is 11.9 Å². The van der Waals surface area contributed by atoms with Gasteiger partial charge < -0.3 is 5.32 Å². The van der Waals surface area contributed by atoms with Crippen LogP contribution in [0.3, 0.4) is 0 Å². The summed E-state index contributed by atoms with van der Waals surface area (Å²) < 4.78 is 0.724. The van der Waals surface area contributed by atoms with Crippen LogP contribution in [0.2, 0.25) is 5.02 Å². The third kappa shape index (κ3) is 3.31. The molecule has 0 saturated heterocycles. The summed E-state index contributed by atoms with van der Waals surface area (Å²) in [4.78, 5) is 47.7. The molecule has 8 nitrogen and oxygen atoms in total. The number of anilines is 1. The Hall–Kier alpha value is -2.78.